The van der Waals surface area contributed by atoms with E-state index in [1.807, 2.05) is 0 Å². The highest BCUT2D eigenvalue weighted by Crippen LogP contribution is 2.33. The Labute approximate surface area is 123 Å². The molecule has 2 N–H and O–H groups in total. The predicted octanol–water partition coefficient (Wildman–Crippen LogP) is 3.52. The van der Waals surface area contributed by atoms with Crippen LogP contribution in [0, 0.1) is 13.8 Å². The highest BCUT2D eigenvalue weighted by Gasteiger charge is 2.33. The maximum atomic E-state index is 10.9. The predicted molar refractivity (Wildman–Crippen MR) is 85.1 cm³/mol. The van der Waals surface area contributed by atoms with Gasteiger partial charge in [-0.15, -0.1) is 0 Å². The Kier molecular flexibility index (Phi) is 5.22. The Morgan fingerprint density at radius 1 is 1.20 bits per heavy atom. The first-order valence-corrected chi connectivity index (χ1v) is 8.05. The normalized spacial score (nSPS) is 26.7. The second kappa shape index (κ2) is 6.73. The van der Waals surface area contributed by atoms with Crippen LogP contribution in [0.3, 0.4) is 0 Å². The van der Waals surface area contributed by atoms with E-state index >= 15 is 0 Å². The molecule has 0 radical (unpaired) electrons. The van der Waals surface area contributed by atoms with E-state index in [0.29, 0.717) is 6.04 Å². The SMILES string of the molecule is CCCNC1CCC(O)(Cc2c(C)cccc2C)CC1. The lowest BCUT2D eigenvalue weighted by atomic mass is 9.77. The lowest BCUT2D eigenvalue weighted by Gasteiger charge is -2.37. The standard InChI is InChI=1S/C18H29NO/c1-4-12-19-16-8-10-18(20,11-9-16)13-17-14(2)6-5-7-15(17)3/h5-7,16,19-20H,4,8-13H2,1-3H3. The minimum absolute atomic E-state index is 0.499. The summed E-state index contributed by atoms with van der Waals surface area (Å²) in [4.78, 5) is 0. The van der Waals surface area contributed by atoms with Crippen LogP contribution in [0.15, 0.2) is 18.2 Å². The van der Waals surface area contributed by atoms with Crippen molar-refractivity contribution in [2.24, 2.45) is 0 Å². The first-order chi connectivity index (χ1) is 9.54. The van der Waals surface area contributed by atoms with Gasteiger partial charge in [0.2, 0.25) is 0 Å². The number of rotatable bonds is 5. The topological polar surface area (TPSA) is 32.3 Å². The fourth-order valence-electron chi connectivity index (χ4n) is 3.34. The lowest BCUT2D eigenvalue weighted by Crippen LogP contribution is -2.43. The Morgan fingerprint density at radius 3 is 2.35 bits per heavy atom. The van der Waals surface area contributed by atoms with E-state index in [1.165, 1.54) is 23.1 Å². The van der Waals surface area contributed by atoms with Crippen molar-refractivity contribution >= 4 is 0 Å². The molecule has 0 atom stereocenters. The van der Waals surface area contributed by atoms with E-state index in [-0.39, 0.29) is 0 Å². The van der Waals surface area contributed by atoms with Gasteiger partial charge < -0.3 is 10.4 Å². The summed E-state index contributed by atoms with van der Waals surface area (Å²) in [6.45, 7) is 7.60. The third kappa shape index (κ3) is 3.83. The molecule has 0 saturated heterocycles. The molecule has 1 aromatic rings. The highest BCUT2D eigenvalue weighted by atomic mass is 16.3. The number of hydrogen-bond acceptors (Lipinski definition) is 2. The van der Waals surface area contributed by atoms with Gasteiger partial charge in [0, 0.05) is 12.5 Å². The molecule has 1 fully saturated rings. The first-order valence-electron chi connectivity index (χ1n) is 8.05. The Bertz CT molecular complexity index is 413. The summed E-state index contributed by atoms with van der Waals surface area (Å²) in [5, 5.41) is 14.5. The second-order valence-corrected chi connectivity index (χ2v) is 6.50. The number of nitrogens with one attached hydrogen (secondary N) is 1. The number of benzene rings is 1. The van der Waals surface area contributed by atoms with Gasteiger partial charge in [-0.1, -0.05) is 25.1 Å². The third-order valence-corrected chi connectivity index (χ3v) is 4.75. The van der Waals surface area contributed by atoms with Gasteiger partial charge in [0.25, 0.3) is 0 Å². The van der Waals surface area contributed by atoms with Gasteiger partial charge in [-0.25, -0.2) is 0 Å². The molecule has 0 unspecified atom stereocenters. The Balaban J connectivity index is 1.96. The fourth-order valence-corrected chi connectivity index (χ4v) is 3.34. The molecule has 0 spiro atoms. The summed E-state index contributed by atoms with van der Waals surface area (Å²) in [6.07, 6.45) is 6.03. The maximum absolute atomic E-state index is 10.9. The lowest BCUT2D eigenvalue weighted by molar-refractivity contribution is -0.00330. The molecule has 2 heteroatoms. The van der Waals surface area contributed by atoms with Gasteiger partial charge >= 0.3 is 0 Å². The molecule has 2 rings (SSSR count). The molecule has 0 aliphatic heterocycles. The van der Waals surface area contributed by atoms with Gasteiger partial charge in [-0.05, 0) is 69.2 Å². The van der Waals surface area contributed by atoms with Crippen LogP contribution in [0.5, 0.6) is 0 Å². The van der Waals surface area contributed by atoms with Crippen molar-refractivity contribution < 1.29 is 5.11 Å². The van der Waals surface area contributed by atoms with Gasteiger partial charge in [-0.3, -0.25) is 0 Å². The largest absolute Gasteiger partial charge is 0.390 e. The molecule has 0 aromatic heterocycles. The molecular weight excluding hydrogens is 246 g/mol. The summed E-state index contributed by atoms with van der Waals surface area (Å²) < 4.78 is 0. The van der Waals surface area contributed by atoms with Crippen LogP contribution in [-0.4, -0.2) is 23.3 Å². The zero-order valence-electron chi connectivity index (χ0n) is 13.2. The van der Waals surface area contributed by atoms with Crippen LogP contribution in [0.2, 0.25) is 0 Å². The molecule has 20 heavy (non-hydrogen) atoms. The minimum atomic E-state index is -0.499. The third-order valence-electron chi connectivity index (χ3n) is 4.75. The molecule has 0 heterocycles. The smallest absolute Gasteiger partial charge is 0.0689 e. The summed E-state index contributed by atoms with van der Waals surface area (Å²) >= 11 is 0. The molecular formula is C18H29NO. The number of aryl methyl sites for hydroxylation is 2. The van der Waals surface area contributed by atoms with Crippen molar-refractivity contribution in [2.75, 3.05) is 6.54 Å². The van der Waals surface area contributed by atoms with Crippen molar-refractivity contribution in [1.82, 2.24) is 5.32 Å². The number of hydrogen-bond donors (Lipinski definition) is 2. The molecule has 1 aromatic carbocycles. The molecule has 0 amide bonds. The first kappa shape index (κ1) is 15.5. The minimum Gasteiger partial charge on any atom is -0.390 e. The average Bonchev–Trinajstić information content (AvgIpc) is 2.43. The van der Waals surface area contributed by atoms with Gasteiger partial charge in [0.05, 0.1) is 5.60 Å². The second-order valence-electron chi connectivity index (χ2n) is 6.50. The van der Waals surface area contributed by atoms with Crippen LogP contribution in [0.25, 0.3) is 0 Å². The van der Waals surface area contributed by atoms with Gasteiger partial charge in [-0.2, -0.15) is 0 Å². The van der Waals surface area contributed by atoms with E-state index in [2.05, 4.69) is 44.3 Å². The zero-order valence-corrected chi connectivity index (χ0v) is 13.2. The van der Waals surface area contributed by atoms with Crippen LogP contribution in [0.4, 0.5) is 0 Å². The zero-order chi connectivity index (χ0) is 14.6. The van der Waals surface area contributed by atoms with Gasteiger partial charge in [0.15, 0.2) is 0 Å². The van der Waals surface area contributed by atoms with Crippen LogP contribution in [-0.2, 0) is 6.42 Å². The van der Waals surface area contributed by atoms with Crippen molar-refractivity contribution in [3.63, 3.8) is 0 Å². The van der Waals surface area contributed by atoms with E-state index in [1.54, 1.807) is 0 Å². The summed E-state index contributed by atoms with van der Waals surface area (Å²) in [5.74, 6) is 0. The molecule has 1 aliphatic rings. The molecule has 0 bridgehead atoms. The van der Waals surface area contributed by atoms with Gasteiger partial charge in [0.1, 0.15) is 0 Å². The monoisotopic (exact) mass is 275 g/mol. The van der Waals surface area contributed by atoms with E-state index < -0.39 is 5.60 Å². The average molecular weight is 275 g/mol. The van der Waals surface area contributed by atoms with Crippen molar-refractivity contribution in [3.05, 3.63) is 34.9 Å². The number of aliphatic hydroxyl groups is 1. The quantitative estimate of drug-likeness (QED) is 0.862. The molecule has 1 saturated carbocycles. The van der Waals surface area contributed by atoms with E-state index in [4.69, 9.17) is 0 Å². The Morgan fingerprint density at radius 2 is 1.80 bits per heavy atom. The van der Waals surface area contributed by atoms with E-state index in [0.717, 1.165) is 38.6 Å². The summed E-state index contributed by atoms with van der Waals surface area (Å²) in [5.41, 5.74) is 3.46. The maximum Gasteiger partial charge on any atom is 0.0689 e. The fraction of sp³-hybridized carbons (Fsp3) is 0.667. The van der Waals surface area contributed by atoms with Crippen molar-refractivity contribution in [3.8, 4) is 0 Å². The molecule has 2 nitrogen and oxygen atoms in total. The summed E-state index contributed by atoms with van der Waals surface area (Å²) in [7, 11) is 0. The highest BCUT2D eigenvalue weighted by molar-refractivity contribution is 5.34. The Hall–Kier alpha value is -0.860. The molecule has 1 aliphatic carbocycles. The summed E-state index contributed by atoms with van der Waals surface area (Å²) in [6, 6.07) is 7.01. The molecule has 112 valence electrons. The van der Waals surface area contributed by atoms with Crippen molar-refractivity contribution in [1.29, 1.82) is 0 Å². The van der Waals surface area contributed by atoms with Crippen LogP contribution < -0.4 is 5.32 Å². The van der Waals surface area contributed by atoms with E-state index in [9.17, 15) is 5.11 Å². The van der Waals surface area contributed by atoms with Crippen molar-refractivity contribution in [2.45, 2.75) is 70.9 Å². The van der Waals surface area contributed by atoms with Crippen LogP contribution in [0.1, 0.15) is 55.7 Å². The van der Waals surface area contributed by atoms with Crippen LogP contribution >= 0.6 is 0 Å².